The van der Waals surface area contributed by atoms with E-state index in [0.29, 0.717) is 5.75 Å². The summed E-state index contributed by atoms with van der Waals surface area (Å²) >= 11 is 0. The Labute approximate surface area is 320 Å². The van der Waals surface area contributed by atoms with Crippen molar-refractivity contribution in [2.75, 3.05) is 46.2 Å². The fourth-order valence-electron chi connectivity index (χ4n) is 5.29. The molecule has 2 rings (SSSR count). The smallest absolute Gasteiger partial charge is 0.447 e. The van der Waals surface area contributed by atoms with E-state index in [-0.39, 0.29) is 63.1 Å². The second kappa shape index (κ2) is 21.3. The molecule has 13 nitrogen and oxygen atoms in total. The fraction of sp³-hybridized carbons (Fsp3) is 0.561. The summed E-state index contributed by atoms with van der Waals surface area (Å²) in [6.07, 6.45) is -1.42. The molecule has 0 aliphatic heterocycles. The second-order valence-corrected chi connectivity index (χ2v) is 12.3. The first-order valence-electron chi connectivity index (χ1n) is 18.4. The van der Waals surface area contributed by atoms with Gasteiger partial charge in [-0.15, -0.1) is 0 Å². The lowest BCUT2D eigenvalue weighted by Gasteiger charge is -2.44. The fourth-order valence-corrected chi connectivity index (χ4v) is 5.29. The number of hydrogen-bond acceptors (Lipinski definition) is 13. The topological polar surface area (TPSA) is 136 Å². The second-order valence-electron chi connectivity index (χ2n) is 12.3. The van der Waals surface area contributed by atoms with Crippen LogP contribution in [0.4, 0.5) is 0 Å². The summed E-state index contributed by atoms with van der Waals surface area (Å²) in [7, 11) is 0. The van der Waals surface area contributed by atoms with Crippen molar-refractivity contribution in [3.63, 3.8) is 0 Å². The number of ether oxygens (including phenoxy) is 11. The van der Waals surface area contributed by atoms with Gasteiger partial charge >= 0.3 is 36.1 Å². The Morgan fingerprint density at radius 2 is 0.926 bits per heavy atom. The largest absolute Gasteiger partial charge is 0.462 e. The van der Waals surface area contributed by atoms with Crippen LogP contribution < -0.4 is 9.47 Å². The molecule has 0 aliphatic carbocycles. The normalized spacial score (nSPS) is 13.8. The van der Waals surface area contributed by atoms with Crippen molar-refractivity contribution in [2.45, 2.75) is 106 Å². The van der Waals surface area contributed by atoms with Crippen LogP contribution in [-0.2, 0) is 57.6 Å². The predicted molar refractivity (Wildman–Crippen MR) is 201 cm³/mol. The molecule has 0 saturated carbocycles. The molecule has 0 spiro atoms. The van der Waals surface area contributed by atoms with Crippen LogP contribution in [0.25, 0.3) is 0 Å². The molecule has 302 valence electrons. The summed E-state index contributed by atoms with van der Waals surface area (Å²) in [5.41, 5.74) is 1.61. The molecule has 13 heteroatoms. The first kappa shape index (κ1) is 46.3. The van der Waals surface area contributed by atoms with E-state index < -0.39 is 41.6 Å². The maximum Gasteiger partial charge on any atom is 0.462 e. The Morgan fingerprint density at radius 1 is 0.556 bits per heavy atom. The van der Waals surface area contributed by atoms with E-state index in [1.165, 1.54) is 13.8 Å². The quantitative estimate of drug-likeness (QED) is 0.0531. The van der Waals surface area contributed by atoms with Crippen LogP contribution in [0.1, 0.15) is 87.3 Å². The zero-order chi connectivity index (χ0) is 40.6. The first-order chi connectivity index (χ1) is 25.6. The highest BCUT2D eigenvalue weighted by atomic mass is 17.0. The molecule has 0 saturated heterocycles. The van der Waals surface area contributed by atoms with E-state index in [4.69, 9.17) is 52.1 Å². The van der Waals surface area contributed by atoms with E-state index in [1.54, 1.807) is 72.7 Å². The molecule has 54 heavy (non-hydrogen) atoms. The van der Waals surface area contributed by atoms with Crippen molar-refractivity contribution in [2.24, 2.45) is 0 Å². The van der Waals surface area contributed by atoms with Gasteiger partial charge in [0.05, 0.1) is 26.4 Å². The van der Waals surface area contributed by atoms with Gasteiger partial charge < -0.3 is 52.1 Å². The van der Waals surface area contributed by atoms with Gasteiger partial charge in [-0.3, -0.25) is 0 Å². The van der Waals surface area contributed by atoms with Crippen LogP contribution in [0.15, 0.2) is 72.8 Å². The van der Waals surface area contributed by atoms with E-state index in [2.05, 4.69) is 27.0 Å². The molecular weight excluding hydrogens is 700 g/mol. The molecule has 2 aromatic rings. The predicted octanol–water partition coefficient (Wildman–Crippen LogP) is 7.55. The lowest BCUT2D eigenvalue weighted by molar-refractivity contribution is -0.533. The Hall–Kier alpha value is -3.82. The minimum absolute atomic E-state index is 0.0458. The van der Waals surface area contributed by atoms with Crippen LogP contribution >= 0.6 is 0 Å². The third-order valence-corrected chi connectivity index (χ3v) is 7.82. The number of carbonyl (C=O) groups is 2. The summed E-state index contributed by atoms with van der Waals surface area (Å²) in [4.78, 5) is 25.7. The Morgan fingerprint density at radius 3 is 1.30 bits per heavy atom. The van der Waals surface area contributed by atoms with Crippen molar-refractivity contribution < 1.29 is 61.7 Å². The van der Waals surface area contributed by atoms with Crippen LogP contribution in [-0.4, -0.2) is 82.4 Å². The van der Waals surface area contributed by atoms with Crippen LogP contribution in [0, 0.1) is 0 Å². The lowest BCUT2D eigenvalue weighted by Crippen LogP contribution is -2.66. The summed E-state index contributed by atoms with van der Waals surface area (Å²) in [5.74, 6) is -7.05. The van der Waals surface area contributed by atoms with Crippen molar-refractivity contribution in [1.82, 2.24) is 0 Å². The summed E-state index contributed by atoms with van der Waals surface area (Å²) in [6, 6.07) is 14.5. The molecule has 0 N–H and O–H groups in total. The molecule has 2 unspecified atom stereocenters. The minimum atomic E-state index is -2.31. The standard InChI is InChI=1S/C41H60O13/c1-14-44-39(45-15-2,46-16-3)37(52-35(42)29(8)9)51-33-25-21-31(22-26-33)38(12,13)32-23-27-34(28-24-32)53-41(50-20-7,54-36(43)30(10)11)40(47-17-4,48-18-5)49-19-6/h21-28,37H,8,10,14-20H2,1-7,9,11-13H3. The molecule has 2 aromatic carbocycles. The van der Waals surface area contributed by atoms with Crippen molar-refractivity contribution in [3.05, 3.63) is 84.0 Å². The summed E-state index contributed by atoms with van der Waals surface area (Å²) < 4.78 is 65.5. The molecule has 2 atom stereocenters. The zero-order valence-electron chi connectivity index (χ0n) is 33.9. The molecule has 0 fully saturated rings. The van der Waals surface area contributed by atoms with Crippen LogP contribution in [0.5, 0.6) is 11.5 Å². The molecule has 0 radical (unpaired) electrons. The van der Waals surface area contributed by atoms with E-state index in [0.717, 1.165) is 11.1 Å². The maximum atomic E-state index is 13.0. The number of benzene rings is 2. The van der Waals surface area contributed by atoms with Gasteiger partial charge in [0.2, 0.25) is 0 Å². The van der Waals surface area contributed by atoms with Gasteiger partial charge in [0.15, 0.2) is 0 Å². The van der Waals surface area contributed by atoms with E-state index in [9.17, 15) is 9.59 Å². The SMILES string of the molecule is C=C(C)C(=O)OC(Oc1ccc(C(C)(C)c2ccc(OC(OCC)(OC(=O)C(=C)C)C(OCC)(OCC)OCC)cc2)cc1)C(OCC)(OCC)OCC. The third-order valence-electron chi connectivity index (χ3n) is 7.82. The Kier molecular flexibility index (Phi) is 18.3. The molecule has 0 aromatic heterocycles. The van der Waals surface area contributed by atoms with Gasteiger partial charge in [0.25, 0.3) is 0 Å². The highest BCUT2D eigenvalue weighted by Crippen LogP contribution is 2.39. The van der Waals surface area contributed by atoms with E-state index in [1.807, 2.05) is 24.3 Å². The summed E-state index contributed by atoms with van der Waals surface area (Å²) in [5, 5.41) is 0. The molecule has 0 amide bonds. The van der Waals surface area contributed by atoms with Gasteiger partial charge in [0, 0.05) is 36.4 Å². The number of esters is 2. The lowest BCUT2D eigenvalue weighted by atomic mass is 9.78. The van der Waals surface area contributed by atoms with Gasteiger partial charge in [-0.05, 0) is 97.7 Å². The molecule has 0 aliphatic rings. The monoisotopic (exact) mass is 760 g/mol. The van der Waals surface area contributed by atoms with Crippen molar-refractivity contribution in [3.8, 4) is 11.5 Å². The minimum Gasteiger partial charge on any atom is -0.447 e. The zero-order valence-corrected chi connectivity index (χ0v) is 33.9. The number of carbonyl (C=O) groups excluding carboxylic acids is 2. The van der Waals surface area contributed by atoms with Crippen LogP contribution in [0.3, 0.4) is 0 Å². The van der Waals surface area contributed by atoms with Gasteiger partial charge in [-0.1, -0.05) is 51.3 Å². The molecule has 0 heterocycles. The Bertz CT molecular complexity index is 1450. The third kappa shape index (κ3) is 11.4. The van der Waals surface area contributed by atoms with Gasteiger partial charge in [0.1, 0.15) is 11.5 Å². The highest BCUT2D eigenvalue weighted by molar-refractivity contribution is 5.87. The van der Waals surface area contributed by atoms with Gasteiger partial charge in [-0.25, -0.2) is 9.59 Å². The van der Waals surface area contributed by atoms with Crippen molar-refractivity contribution >= 4 is 11.9 Å². The van der Waals surface area contributed by atoms with Crippen molar-refractivity contribution in [1.29, 1.82) is 0 Å². The average molecular weight is 761 g/mol. The number of hydrogen-bond donors (Lipinski definition) is 0. The summed E-state index contributed by atoms with van der Waals surface area (Å²) in [6.45, 7) is 27.8. The number of rotatable bonds is 26. The molecule has 0 bridgehead atoms. The first-order valence-corrected chi connectivity index (χ1v) is 18.4. The van der Waals surface area contributed by atoms with Crippen LogP contribution in [0.2, 0.25) is 0 Å². The molecular formula is C41H60O13. The maximum absolute atomic E-state index is 13.0. The average Bonchev–Trinajstić information content (AvgIpc) is 3.12. The Balaban J connectivity index is 2.52. The highest BCUT2D eigenvalue weighted by Gasteiger charge is 2.65. The van der Waals surface area contributed by atoms with Gasteiger partial charge in [-0.2, -0.15) is 0 Å². The van der Waals surface area contributed by atoms with E-state index >= 15 is 0 Å².